The molecule has 0 spiro atoms. The van der Waals surface area contributed by atoms with E-state index in [9.17, 15) is 0 Å². The van der Waals surface area contributed by atoms with Crippen molar-refractivity contribution in [2.45, 2.75) is 45.4 Å². The normalized spacial score (nSPS) is 18.8. The van der Waals surface area contributed by atoms with Gasteiger partial charge in [0.2, 0.25) is 0 Å². The zero-order chi connectivity index (χ0) is 17.7. The molecule has 5 nitrogen and oxygen atoms in total. The predicted molar refractivity (Wildman–Crippen MR) is 98.8 cm³/mol. The highest BCUT2D eigenvalue weighted by atomic mass is 16.7. The van der Waals surface area contributed by atoms with Crippen molar-refractivity contribution >= 4 is 23.6 Å². The first-order valence-corrected chi connectivity index (χ1v) is 8.55. The van der Waals surface area contributed by atoms with Crippen molar-refractivity contribution in [2.75, 3.05) is 0 Å². The highest BCUT2D eigenvalue weighted by Crippen LogP contribution is 2.36. The Kier molecular flexibility index (Phi) is 3.70. The van der Waals surface area contributed by atoms with Gasteiger partial charge < -0.3 is 13.9 Å². The van der Waals surface area contributed by atoms with Gasteiger partial charge in [0.1, 0.15) is 0 Å². The Hall–Kier alpha value is -2.18. The fourth-order valence-electron chi connectivity index (χ4n) is 3.01. The summed E-state index contributed by atoms with van der Waals surface area (Å²) >= 11 is 0. The van der Waals surface area contributed by atoms with Crippen LogP contribution in [0.4, 0.5) is 0 Å². The van der Waals surface area contributed by atoms with Gasteiger partial charge in [0.05, 0.1) is 35.1 Å². The molecule has 1 aromatic carbocycles. The third-order valence-electron chi connectivity index (χ3n) is 5.25. The van der Waals surface area contributed by atoms with E-state index >= 15 is 0 Å². The summed E-state index contributed by atoms with van der Waals surface area (Å²) in [6, 6.07) is 10.2. The molecule has 0 bridgehead atoms. The molecule has 0 saturated carbocycles. The van der Waals surface area contributed by atoms with Gasteiger partial charge in [0.25, 0.3) is 0 Å². The van der Waals surface area contributed by atoms with Crippen LogP contribution in [-0.2, 0) is 15.9 Å². The smallest absolute Gasteiger partial charge is 0.399 e. The molecule has 1 fully saturated rings. The van der Waals surface area contributed by atoms with Gasteiger partial charge in [-0.1, -0.05) is 12.1 Å². The molecule has 25 heavy (non-hydrogen) atoms. The summed E-state index contributed by atoms with van der Waals surface area (Å²) in [5, 5.41) is 0. The number of hydrogen-bond acceptors (Lipinski definition) is 4. The number of aromatic nitrogens is 3. The second kappa shape index (κ2) is 5.68. The maximum absolute atomic E-state index is 6.17. The molecule has 4 rings (SSSR count). The second-order valence-electron chi connectivity index (χ2n) is 7.57. The molecule has 0 unspecified atom stereocenters. The molecule has 128 valence electrons. The van der Waals surface area contributed by atoms with E-state index in [0.717, 1.165) is 28.6 Å². The lowest BCUT2D eigenvalue weighted by Crippen LogP contribution is -2.41. The Bertz CT molecular complexity index is 889. The van der Waals surface area contributed by atoms with Crippen LogP contribution in [0.3, 0.4) is 0 Å². The van der Waals surface area contributed by atoms with E-state index in [0.29, 0.717) is 0 Å². The van der Waals surface area contributed by atoms with Gasteiger partial charge in [-0.3, -0.25) is 4.98 Å². The number of nitrogens with zero attached hydrogens (tertiary/aromatic N) is 3. The molecule has 0 atom stereocenters. The van der Waals surface area contributed by atoms with E-state index in [1.54, 1.807) is 6.20 Å². The average molecular weight is 335 g/mol. The van der Waals surface area contributed by atoms with Crippen LogP contribution in [-0.4, -0.2) is 32.9 Å². The number of fused-ring (bicyclic) bond motifs is 1. The lowest BCUT2D eigenvalue weighted by Gasteiger charge is -2.32. The summed E-state index contributed by atoms with van der Waals surface area (Å²) in [7, 11) is -0.365. The Morgan fingerprint density at radius 2 is 1.84 bits per heavy atom. The van der Waals surface area contributed by atoms with Gasteiger partial charge in [0, 0.05) is 12.4 Å². The Morgan fingerprint density at radius 1 is 1.08 bits per heavy atom. The summed E-state index contributed by atoms with van der Waals surface area (Å²) in [4.78, 5) is 8.68. The Morgan fingerprint density at radius 3 is 2.52 bits per heavy atom. The van der Waals surface area contributed by atoms with E-state index < -0.39 is 0 Å². The van der Waals surface area contributed by atoms with E-state index in [1.807, 2.05) is 30.7 Å². The third-order valence-corrected chi connectivity index (χ3v) is 5.25. The van der Waals surface area contributed by atoms with Crippen molar-refractivity contribution in [3.8, 4) is 0 Å². The fourth-order valence-corrected chi connectivity index (χ4v) is 3.01. The molecule has 3 heterocycles. The summed E-state index contributed by atoms with van der Waals surface area (Å²) in [5.74, 6) is 0. The van der Waals surface area contributed by atoms with Crippen molar-refractivity contribution < 1.29 is 9.31 Å². The van der Waals surface area contributed by atoms with Crippen molar-refractivity contribution in [2.24, 2.45) is 0 Å². The van der Waals surface area contributed by atoms with Gasteiger partial charge in [-0.25, -0.2) is 4.98 Å². The van der Waals surface area contributed by atoms with Crippen LogP contribution in [0.5, 0.6) is 0 Å². The number of rotatable bonds is 3. The summed E-state index contributed by atoms with van der Waals surface area (Å²) in [5.41, 5.74) is 3.49. The molecule has 3 aromatic rings. The minimum absolute atomic E-state index is 0.345. The van der Waals surface area contributed by atoms with Crippen LogP contribution >= 0.6 is 0 Å². The summed E-state index contributed by atoms with van der Waals surface area (Å²) in [6.45, 7) is 9.00. The molecule has 1 saturated heterocycles. The van der Waals surface area contributed by atoms with Crippen molar-refractivity contribution in [3.63, 3.8) is 0 Å². The molecule has 0 amide bonds. The third kappa shape index (κ3) is 2.85. The molecular weight excluding hydrogens is 313 g/mol. The van der Waals surface area contributed by atoms with Crippen LogP contribution < -0.4 is 5.46 Å². The number of pyridine rings is 1. The average Bonchev–Trinajstić information content (AvgIpc) is 3.06. The zero-order valence-corrected chi connectivity index (χ0v) is 15.1. The van der Waals surface area contributed by atoms with E-state index in [2.05, 4.69) is 54.4 Å². The SMILES string of the molecule is CC1(C)OB(c2ccc3ncn(Cc4cccnc4)c3c2)OC1(C)C. The lowest BCUT2D eigenvalue weighted by atomic mass is 9.79. The van der Waals surface area contributed by atoms with E-state index in [4.69, 9.17) is 9.31 Å². The van der Waals surface area contributed by atoms with Gasteiger partial charge in [-0.15, -0.1) is 0 Å². The number of hydrogen-bond donors (Lipinski definition) is 0. The fraction of sp³-hybridized carbons (Fsp3) is 0.368. The molecule has 0 aliphatic carbocycles. The van der Waals surface area contributed by atoms with Crippen LogP contribution in [0, 0.1) is 0 Å². The van der Waals surface area contributed by atoms with E-state index in [1.165, 1.54) is 0 Å². The molecule has 6 heteroatoms. The largest absolute Gasteiger partial charge is 0.494 e. The van der Waals surface area contributed by atoms with Gasteiger partial charge in [0.15, 0.2) is 0 Å². The van der Waals surface area contributed by atoms with Crippen LogP contribution in [0.2, 0.25) is 0 Å². The minimum Gasteiger partial charge on any atom is -0.399 e. The second-order valence-corrected chi connectivity index (χ2v) is 7.57. The quantitative estimate of drug-likeness (QED) is 0.691. The Labute approximate surface area is 148 Å². The lowest BCUT2D eigenvalue weighted by molar-refractivity contribution is 0.00578. The number of imidazole rings is 1. The van der Waals surface area contributed by atoms with Crippen LogP contribution in [0.15, 0.2) is 49.1 Å². The molecule has 0 radical (unpaired) electrons. The standard InChI is InChI=1S/C19H22BN3O2/c1-18(2)19(3,4)25-20(24-18)15-7-8-16-17(10-15)23(13-22-16)12-14-6-5-9-21-11-14/h5-11,13H,12H2,1-4H3. The summed E-state index contributed by atoms with van der Waals surface area (Å²) < 4.78 is 14.5. The van der Waals surface area contributed by atoms with Crippen LogP contribution in [0.25, 0.3) is 11.0 Å². The van der Waals surface area contributed by atoms with Crippen molar-refractivity contribution in [1.82, 2.24) is 14.5 Å². The van der Waals surface area contributed by atoms with Crippen molar-refractivity contribution in [3.05, 3.63) is 54.6 Å². The first-order chi connectivity index (χ1) is 11.9. The molecular formula is C19H22BN3O2. The van der Waals surface area contributed by atoms with Gasteiger partial charge in [-0.2, -0.15) is 0 Å². The first-order valence-electron chi connectivity index (χ1n) is 8.55. The maximum atomic E-state index is 6.17. The van der Waals surface area contributed by atoms with Gasteiger partial charge in [-0.05, 0) is 56.9 Å². The molecule has 0 N–H and O–H groups in total. The molecule has 1 aliphatic heterocycles. The first kappa shape index (κ1) is 16.3. The molecule has 2 aromatic heterocycles. The maximum Gasteiger partial charge on any atom is 0.494 e. The molecule has 1 aliphatic rings. The monoisotopic (exact) mass is 335 g/mol. The minimum atomic E-state index is -0.365. The van der Waals surface area contributed by atoms with Crippen molar-refractivity contribution in [1.29, 1.82) is 0 Å². The van der Waals surface area contributed by atoms with Crippen LogP contribution in [0.1, 0.15) is 33.3 Å². The predicted octanol–water partition coefficient (Wildman–Crippen LogP) is 2.78. The number of benzene rings is 1. The highest BCUT2D eigenvalue weighted by Gasteiger charge is 2.51. The summed E-state index contributed by atoms with van der Waals surface area (Å²) in [6.07, 6.45) is 5.53. The Balaban J connectivity index is 1.67. The highest BCUT2D eigenvalue weighted by molar-refractivity contribution is 6.62. The topological polar surface area (TPSA) is 49.2 Å². The van der Waals surface area contributed by atoms with E-state index in [-0.39, 0.29) is 18.3 Å². The van der Waals surface area contributed by atoms with Gasteiger partial charge >= 0.3 is 7.12 Å². The zero-order valence-electron chi connectivity index (χ0n) is 15.1.